The summed E-state index contributed by atoms with van der Waals surface area (Å²) in [5.74, 6) is 0.324. The first-order valence-electron chi connectivity index (χ1n) is 11.2. The number of hydrogen-bond acceptors (Lipinski definition) is 7. The number of benzene rings is 1. The van der Waals surface area contributed by atoms with E-state index in [4.69, 9.17) is 21.7 Å². The Kier molecular flexibility index (Phi) is 5.91. The standard InChI is InChI=1S/C24H24N4O5S/c1-15(29)16-2-4-17(5-3-16)26-8-10-27(11-9-26)22(30)6-7-28-23(31)18-12-20-21(33-14-32-20)13-19(18)25-24(28)34/h2-5,12-13,18H,6-11,14H2,1H3. The summed E-state index contributed by atoms with van der Waals surface area (Å²) in [6, 6.07) is 7.53. The monoisotopic (exact) mass is 480 g/mol. The van der Waals surface area contributed by atoms with E-state index in [1.165, 1.54) is 4.90 Å². The molecule has 1 aromatic rings. The number of ether oxygens (including phenoxy) is 2. The van der Waals surface area contributed by atoms with Gasteiger partial charge in [0.05, 0.1) is 5.71 Å². The molecule has 2 amide bonds. The minimum atomic E-state index is -0.583. The van der Waals surface area contributed by atoms with Crippen LogP contribution >= 0.6 is 12.2 Å². The molecular formula is C24H24N4O5S. The first kappa shape index (κ1) is 22.3. The summed E-state index contributed by atoms with van der Waals surface area (Å²) in [7, 11) is 0. The van der Waals surface area contributed by atoms with Crippen LogP contribution in [0.25, 0.3) is 0 Å². The van der Waals surface area contributed by atoms with Crippen LogP contribution in [0.1, 0.15) is 23.7 Å². The Balaban J connectivity index is 1.15. The van der Waals surface area contributed by atoms with Gasteiger partial charge in [-0.1, -0.05) is 0 Å². The third-order valence-corrected chi connectivity index (χ3v) is 6.71. The van der Waals surface area contributed by atoms with Crippen LogP contribution in [-0.4, -0.2) is 77.7 Å². The van der Waals surface area contributed by atoms with Gasteiger partial charge in [0, 0.05) is 56.5 Å². The average molecular weight is 481 g/mol. The zero-order valence-electron chi connectivity index (χ0n) is 18.7. The Morgan fingerprint density at radius 1 is 1.09 bits per heavy atom. The third kappa shape index (κ3) is 4.21. The number of rotatable bonds is 5. The largest absolute Gasteiger partial charge is 0.454 e. The molecule has 2 saturated heterocycles. The molecule has 34 heavy (non-hydrogen) atoms. The maximum atomic E-state index is 13.0. The zero-order valence-corrected chi connectivity index (χ0v) is 19.5. The van der Waals surface area contributed by atoms with Gasteiger partial charge in [-0.05, 0) is 49.5 Å². The van der Waals surface area contributed by atoms with Gasteiger partial charge in [-0.2, -0.15) is 0 Å². The number of carbonyl (C=O) groups excluding carboxylic acids is 3. The van der Waals surface area contributed by atoms with Gasteiger partial charge in [0.15, 0.2) is 17.3 Å². The Morgan fingerprint density at radius 2 is 1.79 bits per heavy atom. The number of fused-ring (bicyclic) bond motifs is 2. The summed E-state index contributed by atoms with van der Waals surface area (Å²) in [5.41, 5.74) is 2.25. The molecule has 3 heterocycles. The van der Waals surface area contributed by atoms with E-state index in [9.17, 15) is 14.4 Å². The smallest absolute Gasteiger partial charge is 0.241 e. The summed E-state index contributed by atoms with van der Waals surface area (Å²) in [6.45, 7) is 4.44. The van der Waals surface area contributed by atoms with Crippen molar-refractivity contribution in [3.63, 3.8) is 0 Å². The van der Waals surface area contributed by atoms with Crippen molar-refractivity contribution in [2.75, 3.05) is 44.4 Å². The Labute approximate surface area is 202 Å². The van der Waals surface area contributed by atoms with Gasteiger partial charge in [-0.25, -0.2) is 4.99 Å². The first-order chi connectivity index (χ1) is 16.4. The molecule has 9 nitrogen and oxygen atoms in total. The SMILES string of the molecule is CC(=O)c1ccc(N2CCN(C(=O)CCN3C(=O)C4C=C5OCOC5=CC4=NC3=S)CC2)cc1. The van der Waals surface area contributed by atoms with Crippen LogP contribution in [0.3, 0.4) is 0 Å². The highest BCUT2D eigenvalue weighted by atomic mass is 32.1. The minimum Gasteiger partial charge on any atom is -0.454 e. The molecule has 0 bridgehead atoms. The van der Waals surface area contributed by atoms with Gasteiger partial charge in [0.2, 0.25) is 23.7 Å². The number of anilines is 1. The molecule has 1 aromatic carbocycles. The van der Waals surface area contributed by atoms with Gasteiger partial charge in [-0.15, -0.1) is 0 Å². The number of thiocarbonyl (C=S) groups is 1. The van der Waals surface area contributed by atoms with E-state index in [2.05, 4.69) is 9.89 Å². The molecule has 2 fully saturated rings. The maximum Gasteiger partial charge on any atom is 0.241 e. The molecule has 0 saturated carbocycles. The number of nitrogens with zero attached hydrogens (tertiary/aromatic N) is 4. The van der Waals surface area contributed by atoms with Gasteiger partial charge in [-0.3, -0.25) is 19.3 Å². The molecule has 1 aliphatic carbocycles. The van der Waals surface area contributed by atoms with Crippen molar-refractivity contribution in [1.82, 2.24) is 9.80 Å². The van der Waals surface area contributed by atoms with Crippen LogP contribution in [0.4, 0.5) is 5.69 Å². The lowest BCUT2D eigenvalue weighted by atomic mass is 9.94. The summed E-state index contributed by atoms with van der Waals surface area (Å²) < 4.78 is 10.7. The molecule has 0 N–H and O–H groups in total. The second-order valence-electron chi connectivity index (χ2n) is 8.45. The molecule has 0 spiro atoms. The van der Waals surface area contributed by atoms with Crippen LogP contribution in [-0.2, 0) is 19.1 Å². The molecule has 4 aliphatic rings. The molecule has 5 rings (SSSR count). The predicted molar refractivity (Wildman–Crippen MR) is 128 cm³/mol. The minimum absolute atomic E-state index is 0.0198. The normalized spacial score (nSPS) is 21.6. The van der Waals surface area contributed by atoms with Crippen LogP contribution < -0.4 is 4.90 Å². The molecule has 0 aromatic heterocycles. The van der Waals surface area contributed by atoms with Crippen molar-refractivity contribution in [2.45, 2.75) is 13.3 Å². The lowest BCUT2D eigenvalue weighted by Gasteiger charge is -2.37. The van der Waals surface area contributed by atoms with Gasteiger partial charge in [0.1, 0.15) is 5.92 Å². The summed E-state index contributed by atoms with van der Waals surface area (Å²) in [4.78, 5) is 47.2. The molecule has 1 unspecified atom stereocenters. The maximum absolute atomic E-state index is 13.0. The molecule has 176 valence electrons. The quantitative estimate of drug-likeness (QED) is 0.470. The van der Waals surface area contributed by atoms with Crippen LogP contribution in [0.2, 0.25) is 0 Å². The molecule has 10 heteroatoms. The van der Waals surface area contributed by atoms with Gasteiger partial charge in [0.25, 0.3) is 0 Å². The fourth-order valence-corrected chi connectivity index (χ4v) is 4.71. The second-order valence-corrected chi connectivity index (χ2v) is 8.82. The number of carbonyl (C=O) groups is 3. The van der Waals surface area contributed by atoms with Gasteiger partial charge >= 0.3 is 0 Å². The van der Waals surface area contributed by atoms with Crippen molar-refractivity contribution < 1.29 is 23.9 Å². The Morgan fingerprint density at radius 3 is 2.50 bits per heavy atom. The number of Topliss-reactive ketones (excluding diaryl/α,β-unsaturated/α-hetero) is 1. The number of aliphatic imine (C=N–C) groups is 1. The zero-order chi connectivity index (χ0) is 23.8. The van der Waals surface area contributed by atoms with E-state index < -0.39 is 5.92 Å². The second kappa shape index (κ2) is 9.02. The Hall–Kier alpha value is -3.53. The van der Waals surface area contributed by atoms with Crippen LogP contribution in [0.5, 0.6) is 0 Å². The van der Waals surface area contributed by atoms with E-state index >= 15 is 0 Å². The van der Waals surface area contributed by atoms with E-state index in [-0.39, 0.29) is 42.5 Å². The summed E-state index contributed by atoms with van der Waals surface area (Å²) in [6.07, 6.45) is 3.56. The molecular weight excluding hydrogens is 456 g/mol. The predicted octanol–water partition coefficient (Wildman–Crippen LogP) is 1.90. The molecule has 0 radical (unpaired) electrons. The number of allylic oxidation sites excluding steroid dienone is 1. The highest BCUT2D eigenvalue weighted by Gasteiger charge is 2.38. The highest BCUT2D eigenvalue weighted by molar-refractivity contribution is 7.80. The van der Waals surface area contributed by atoms with E-state index in [1.54, 1.807) is 19.1 Å². The van der Waals surface area contributed by atoms with Crippen molar-refractivity contribution in [3.05, 3.63) is 53.5 Å². The average Bonchev–Trinajstić information content (AvgIpc) is 3.30. The molecule has 1 atom stereocenters. The number of ketones is 1. The Bertz CT molecular complexity index is 1150. The fourth-order valence-electron chi connectivity index (χ4n) is 4.43. The van der Waals surface area contributed by atoms with E-state index in [0.717, 1.165) is 5.69 Å². The van der Waals surface area contributed by atoms with E-state index in [0.29, 0.717) is 49.0 Å². The first-order valence-corrected chi connectivity index (χ1v) is 11.6. The van der Waals surface area contributed by atoms with Crippen molar-refractivity contribution in [1.29, 1.82) is 0 Å². The van der Waals surface area contributed by atoms with Crippen LogP contribution in [0, 0.1) is 5.92 Å². The summed E-state index contributed by atoms with van der Waals surface area (Å²) >= 11 is 5.34. The summed E-state index contributed by atoms with van der Waals surface area (Å²) in [5, 5.41) is 0.162. The van der Waals surface area contributed by atoms with E-state index in [1.807, 2.05) is 29.2 Å². The van der Waals surface area contributed by atoms with Crippen molar-refractivity contribution in [2.24, 2.45) is 10.9 Å². The van der Waals surface area contributed by atoms with Crippen LogP contribution in [0.15, 0.2) is 52.9 Å². The number of amides is 2. The lowest BCUT2D eigenvalue weighted by molar-refractivity contribution is -0.133. The highest BCUT2D eigenvalue weighted by Crippen LogP contribution is 2.31. The number of piperazine rings is 1. The number of hydrogen-bond donors (Lipinski definition) is 0. The lowest BCUT2D eigenvalue weighted by Crippen LogP contribution is -2.50. The fraction of sp³-hybridized carbons (Fsp3) is 0.375. The van der Waals surface area contributed by atoms with Crippen molar-refractivity contribution in [3.8, 4) is 0 Å². The topological polar surface area (TPSA) is 91.8 Å². The van der Waals surface area contributed by atoms with Crippen molar-refractivity contribution >= 4 is 46.3 Å². The third-order valence-electron chi connectivity index (χ3n) is 6.40. The molecule has 3 aliphatic heterocycles. The van der Waals surface area contributed by atoms with Gasteiger partial charge < -0.3 is 19.3 Å².